The number of hydrogen-bond acceptors (Lipinski definition) is 0. The van der Waals surface area contributed by atoms with E-state index < -0.39 is 0 Å². The number of benzene rings is 1. The fourth-order valence-corrected chi connectivity index (χ4v) is 2.57. The summed E-state index contributed by atoms with van der Waals surface area (Å²) in [6, 6.07) is 5.63. The molecule has 0 amide bonds. The van der Waals surface area contributed by atoms with Crippen LogP contribution in [0.3, 0.4) is 0 Å². The smallest absolute Gasteiger partial charge is 0.0521 e. The standard InChI is InChI=1S/C12H11Cl3/c13-10-3-1-8(6-10)5-9-2-4-11(14)7-12(9)15/h2,4,6-7,10H,1,3,5H2. The molecule has 3 heteroatoms. The Labute approximate surface area is 105 Å². The zero-order valence-electron chi connectivity index (χ0n) is 8.14. The second kappa shape index (κ2) is 4.78. The molecule has 0 aromatic heterocycles. The topological polar surface area (TPSA) is 0 Å². The van der Waals surface area contributed by atoms with Gasteiger partial charge in [-0.15, -0.1) is 11.6 Å². The van der Waals surface area contributed by atoms with Crippen molar-refractivity contribution in [3.8, 4) is 0 Å². The molecule has 0 nitrogen and oxygen atoms in total. The van der Waals surface area contributed by atoms with Gasteiger partial charge in [0.15, 0.2) is 0 Å². The average molecular weight is 262 g/mol. The lowest BCUT2D eigenvalue weighted by Crippen LogP contribution is -1.89. The van der Waals surface area contributed by atoms with E-state index in [4.69, 9.17) is 34.8 Å². The van der Waals surface area contributed by atoms with Crippen molar-refractivity contribution in [2.24, 2.45) is 0 Å². The molecule has 1 unspecified atom stereocenters. The highest BCUT2D eigenvalue weighted by Gasteiger charge is 2.14. The molecular formula is C12H11Cl3. The highest BCUT2D eigenvalue weighted by atomic mass is 35.5. The molecule has 1 atom stereocenters. The first-order valence-electron chi connectivity index (χ1n) is 4.93. The summed E-state index contributed by atoms with van der Waals surface area (Å²) < 4.78 is 0. The summed E-state index contributed by atoms with van der Waals surface area (Å²) in [7, 11) is 0. The van der Waals surface area contributed by atoms with Gasteiger partial charge in [-0.2, -0.15) is 0 Å². The zero-order valence-corrected chi connectivity index (χ0v) is 10.4. The Morgan fingerprint density at radius 3 is 2.67 bits per heavy atom. The van der Waals surface area contributed by atoms with Crippen LogP contribution >= 0.6 is 34.8 Å². The molecule has 0 heterocycles. The molecule has 1 aromatic rings. The van der Waals surface area contributed by atoms with Gasteiger partial charge in [-0.05, 0) is 37.0 Å². The summed E-state index contributed by atoms with van der Waals surface area (Å²) in [5, 5.41) is 1.62. The predicted octanol–water partition coefficient (Wildman–Crippen LogP) is 4.86. The van der Waals surface area contributed by atoms with E-state index in [-0.39, 0.29) is 5.38 Å². The molecular weight excluding hydrogens is 250 g/mol. The van der Waals surface area contributed by atoms with Crippen molar-refractivity contribution in [1.29, 1.82) is 0 Å². The van der Waals surface area contributed by atoms with Gasteiger partial charge in [0.2, 0.25) is 0 Å². The minimum Gasteiger partial charge on any atom is -0.118 e. The van der Waals surface area contributed by atoms with Gasteiger partial charge in [0, 0.05) is 10.0 Å². The normalized spacial score (nSPS) is 20.5. The van der Waals surface area contributed by atoms with Crippen molar-refractivity contribution in [2.75, 3.05) is 0 Å². The van der Waals surface area contributed by atoms with Crippen LogP contribution in [-0.2, 0) is 6.42 Å². The molecule has 0 radical (unpaired) electrons. The first-order chi connectivity index (χ1) is 7.15. The van der Waals surface area contributed by atoms with Crippen LogP contribution in [0.4, 0.5) is 0 Å². The maximum absolute atomic E-state index is 6.10. The molecule has 2 rings (SSSR count). The van der Waals surface area contributed by atoms with Crippen molar-refractivity contribution >= 4 is 34.8 Å². The van der Waals surface area contributed by atoms with Gasteiger partial charge in [-0.3, -0.25) is 0 Å². The van der Waals surface area contributed by atoms with Crippen molar-refractivity contribution in [2.45, 2.75) is 24.6 Å². The van der Waals surface area contributed by atoms with Crippen molar-refractivity contribution in [3.05, 3.63) is 45.5 Å². The molecule has 1 aliphatic carbocycles. The molecule has 80 valence electrons. The fraction of sp³-hybridized carbons (Fsp3) is 0.333. The van der Waals surface area contributed by atoms with Crippen LogP contribution in [0.1, 0.15) is 18.4 Å². The molecule has 1 aliphatic rings. The minimum atomic E-state index is 0.200. The van der Waals surface area contributed by atoms with Gasteiger partial charge >= 0.3 is 0 Å². The maximum Gasteiger partial charge on any atom is 0.0521 e. The lowest BCUT2D eigenvalue weighted by molar-refractivity contribution is 0.892. The first kappa shape index (κ1) is 11.3. The average Bonchev–Trinajstić information content (AvgIpc) is 2.56. The van der Waals surface area contributed by atoms with Crippen LogP contribution in [0.5, 0.6) is 0 Å². The van der Waals surface area contributed by atoms with Gasteiger partial charge in [0.05, 0.1) is 5.38 Å². The lowest BCUT2D eigenvalue weighted by Gasteiger charge is -2.05. The summed E-state index contributed by atoms with van der Waals surface area (Å²) in [6.07, 6.45) is 5.14. The first-order valence-corrected chi connectivity index (χ1v) is 6.12. The Morgan fingerprint density at radius 1 is 1.27 bits per heavy atom. The van der Waals surface area contributed by atoms with Gasteiger partial charge < -0.3 is 0 Å². The van der Waals surface area contributed by atoms with Crippen molar-refractivity contribution in [3.63, 3.8) is 0 Å². The van der Waals surface area contributed by atoms with E-state index in [0.29, 0.717) is 5.02 Å². The summed E-state index contributed by atoms with van der Waals surface area (Å²) in [6.45, 7) is 0. The lowest BCUT2D eigenvalue weighted by atomic mass is 10.1. The van der Waals surface area contributed by atoms with Crippen LogP contribution in [0.2, 0.25) is 10.0 Å². The van der Waals surface area contributed by atoms with Gasteiger partial charge in [0.25, 0.3) is 0 Å². The van der Waals surface area contributed by atoms with E-state index in [1.54, 1.807) is 6.07 Å². The Hall–Kier alpha value is -0.170. The quantitative estimate of drug-likeness (QED) is 0.527. The second-order valence-corrected chi connectivity index (χ2v) is 5.20. The third kappa shape index (κ3) is 2.90. The van der Waals surface area contributed by atoms with Crippen LogP contribution in [0, 0.1) is 0 Å². The highest BCUT2D eigenvalue weighted by molar-refractivity contribution is 6.35. The monoisotopic (exact) mass is 260 g/mol. The molecule has 15 heavy (non-hydrogen) atoms. The number of halogens is 3. The SMILES string of the molecule is Clc1ccc(CC2=CC(Cl)CC2)c(Cl)c1. The number of rotatable bonds is 2. The van der Waals surface area contributed by atoms with Crippen LogP contribution in [-0.4, -0.2) is 5.38 Å². The highest BCUT2D eigenvalue weighted by Crippen LogP contribution is 2.29. The molecule has 0 spiro atoms. The zero-order chi connectivity index (χ0) is 10.8. The predicted molar refractivity (Wildman–Crippen MR) is 67.1 cm³/mol. The van der Waals surface area contributed by atoms with E-state index in [1.165, 1.54) is 5.57 Å². The van der Waals surface area contributed by atoms with E-state index in [9.17, 15) is 0 Å². The largest absolute Gasteiger partial charge is 0.118 e. The Kier molecular flexibility index (Phi) is 3.60. The molecule has 1 aromatic carbocycles. The third-order valence-electron chi connectivity index (χ3n) is 2.59. The van der Waals surface area contributed by atoms with E-state index in [1.807, 2.05) is 12.1 Å². The van der Waals surface area contributed by atoms with E-state index in [0.717, 1.165) is 29.8 Å². The Bertz CT molecular complexity index is 396. The van der Waals surface area contributed by atoms with Gasteiger partial charge in [-0.25, -0.2) is 0 Å². The summed E-state index contributed by atoms with van der Waals surface area (Å²) in [5.74, 6) is 0. The summed E-state index contributed by atoms with van der Waals surface area (Å²) in [4.78, 5) is 0. The Morgan fingerprint density at radius 2 is 2.07 bits per heavy atom. The summed E-state index contributed by atoms with van der Waals surface area (Å²) >= 11 is 17.9. The van der Waals surface area contributed by atoms with Gasteiger partial charge in [-0.1, -0.05) is 40.9 Å². The van der Waals surface area contributed by atoms with Crippen molar-refractivity contribution < 1.29 is 0 Å². The number of alkyl halides is 1. The molecule has 0 N–H and O–H groups in total. The third-order valence-corrected chi connectivity index (χ3v) is 3.52. The minimum absolute atomic E-state index is 0.200. The van der Waals surface area contributed by atoms with Crippen LogP contribution < -0.4 is 0 Å². The maximum atomic E-state index is 6.10. The van der Waals surface area contributed by atoms with Crippen LogP contribution in [0.15, 0.2) is 29.8 Å². The molecule has 0 fully saturated rings. The molecule has 0 aliphatic heterocycles. The van der Waals surface area contributed by atoms with Crippen LogP contribution in [0.25, 0.3) is 0 Å². The van der Waals surface area contributed by atoms with E-state index >= 15 is 0 Å². The Balaban J connectivity index is 2.14. The molecule has 0 saturated heterocycles. The van der Waals surface area contributed by atoms with Gasteiger partial charge in [0.1, 0.15) is 0 Å². The van der Waals surface area contributed by atoms with Crippen molar-refractivity contribution in [1.82, 2.24) is 0 Å². The molecule has 0 saturated carbocycles. The summed E-state index contributed by atoms with van der Waals surface area (Å²) in [5.41, 5.74) is 2.50. The number of hydrogen-bond donors (Lipinski definition) is 0. The number of allylic oxidation sites excluding steroid dienone is 2. The van der Waals surface area contributed by atoms with E-state index in [2.05, 4.69) is 6.08 Å². The fourth-order valence-electron chi connectivity index (χ4n) is 1.80. The second-order valence-electron chi connectivity index (χ2n) is 3.79. The molecule has 0 bridgehead atoms.